The molecule has 1 aromatic heterocycles. The molecule has 0 atom stereocenters. The highest BCUT2D eigenvalue weighted by molar-refractivity contribution is 6.32. The van der Waals surface area contributed by atoms with Crippen molar-refractivity contribution >= 4 is 23.4 Å². The number of rotatable bonds is 4. The molecule has 5 nitrogen and oxygen atoms in total. The van der Waals surface area contributed by atoms with Gasteiger partial charge in [-0.2, -0.15) is 4.98 Å². The Bertz CT molecular complexity index is 307. The fourth-order valence-corrected chi connectivity index (χ4v) is 1.34. The smallest absolute Gasteiger partial charge is 0.222 e. The number of nitrogens with zero attached hydrogens (tertiary/aromatic N) is 3. The first-order valence-electron chi connectivity index (χ1n) is 4.32. The third-order valence-electron chi connectivity index (χ3n) is 1.80. The summed E-state index contributed by atoms with van der Waals surface area (Å²) in [5.74, 6) is 0.747. The number of hydrogen-bond acceptors (Lipinski definition) is 5. The van der Waals surface area contributed by atoms with Gasteiger partial charge in [-0.25, -0.2) is 4.98 Å². The van der Waals surface area contributed by atoms with Crippen LogP contribution in [0.25, 0.3) is 0 Å². The fraction of sp³-hybridized carbons (Fsp3) is 0.500. The zero-order valence-electron chi connectivity index (χ0n) is 7.94. The monoisotopic (exact) mass is 216 g/mol. The molecule has 0 spiro atoms. The Kier molecular flexibility index (Phi) is 3.91. The lowest BCUT2D eigenvalue weighted by Gasteiger charge is -2.21. The second-order valence-electron chi connectivity index (χ2n) is 2.70. The highest BCUT2D eigenvalue weighted by Crippen LogP contribution is 2.22. The van der Waals surface area contributed by atoms with Crippen molar-refractivity contribution in [3.63, 3.8) is 0 Å². The van der Waals surface area contributed by atoms with Crippen LogP contribution in [0.2, 0.25) is 5.02 Å². The molecule has 1 rings (SSSR count). The molecule has 0 saturated carbocycles. The van der Waals surface area contributed by atoms with E-state index in [2.05, 4.69) is 9.97 Å². The normalized spacial score (nSPS) is 10.2. The lowest BCUT2D eigenvalue weighted by molar-refractivity contribution is 0.302. The maximum Gasteiger partial charge on any atom is 0.222 e. The van der Waals surface area contributed by atoms with Crippen LogP contribution in [0.1, 0.15) is 6.92 Å². The van der Waals surface area contributed by atoms with Crippen LogP contribution in [0.3, 0.4) is 0 Å². The average Bonchev–Trinajstić information content (AvgIpc) is 2.18. The van der Waals surface area contributed by atoms with E-state index in [1.54, 1.807) is 0 Å². The Balaban J connectivity index is 2.96. The van der Waals surface area contributed by atoms with Crippen molar-refractivity contribution in [3.8, 4) is 0 Å². The molecule has 0 aliphatic rings. The third-order valence-corrected chi connectivity index (χ3v) is 2.06. The lowest BCUT2D eigenvalue weighted by atomic mass is 10.4. The summed E-state index contributed by atoms with van der Waals surface area (Å²) in [6, 6.07) is 0. The summed E-state index contributed by atoms with van der Waals surface area (Å²) < 4.78 is 0. The first-order valence-corrected chi connectivity index (χ1v) is 4.70. The van der Waals surface area contributed by atoms with E-state index in [4.69, 9.17) is 22.4 Å². The molecule has 0 aromatic carbocycles. The number of nitrogen functional groups attached to an aromatic ring is 1. The minimum Gasteiger partial charge on any atom is -0.395 e. The van der Waals surface area contributed by atoms with Gasteiger partial charge in [0.2, 0.25) is 5.95 Å². The van der Waals surface area contributed by atoms with E-state index in [1.807, 2.05) is 11.8 Å². The minimum absolute atomic E-state index is 0.0497. The molecule has 0 aliphatic heterocycles. The fourth-order valence-electron chi connectivity index (χ4n) is 1.13. The Hall–Kier alpha value is -1.07. The Morgan fingerprint density at radius 2 is 2.36 bits per heavy atom. The summed E-state index contributed by atoms with van der Waals surface area (Å²) in [5.41, 5.74) is 5.45. The van der Waals surface area contributed by atoms with Crippen LogP contribution in [0.4, 0.5) is 11.8 Å². The quantitative estimate of drug-likeness (QED) is 0.768. The summed E-state index contributed by atoms with van der Waals surface area (Å²) >= 11 is 5.90. The average molecular weight is 217 g/mol. The van der Waals surface area contributed by atoms with Gasteiger partial charge in [-0.05, 0) is 6.92 Å². The largest absolute Gasteiger partial charge is 0.395 e. The van der Waals surface area contributed by atoms with Crippen molar-refractivity contribution in [1.82, 2.24) is 9.97 Å². The van der Waals surface area contributed by atoms with Gasteiger partial charge in [-0.1, -0.05) is 11.6 Å². The van der Waals surface area contributed by atoms with Gasteiger partial charge in [0.1, 0.15) is 5.02 Å². The van der Waals surface area contributed by atoms with Crippen LogP contribution >= 0.6 is 11.6 Å². The maximum atomic E-state index is 8.83. The SMILES string of the molecule is CCN(CCO)c1nc(N)ncc1Cl. The Labute approximate surface area is 87.5 Å². The van der Waals surface area contributed by atoms with Gasteiger partial charge in [0.05, 0.1) is 12.8 Å². The van der Waals surface area contributed by atoms with Gasteiger partial charge in [-0.3, -0.25) is 0 Å². The maximum absolute atomic E-state index is 8.83. The first-order chi connectivity index (χ1) is 6.69. The molecular weight excluding hydrogens is 204 g/mol. The number of likely N-dealkylation sites (N-methyl/N-ethyl adjacent to an activating group) is 1. The molecule has 0 unspecified atom stereocenters. The van der Waals surface area contributed by atoms with Crippen molar-refractivity contribution in [2.24, 2.45) is 0 Å². The van der Waals surface area contributed by atoms with Crippen LogP contribution < -0.4 is 10.6 Å². The molecule has 78 valence electrons. The molecule has 0 aliphatic carbocycles. The Morgan fingerprint density at radius 3 is 2.93 bits per heavy atom. The predicted octanol–water partition coefficient (Wildman–Crippen LogP) is 0.531. The lowest BCUT2D eigenvalue weighted by Crippen LogP contribution is -2.27. The molecule has 0 bridgehead atoms. The van der Waals surface area contributed by atoms with Crippen molar-refractivity contribution in [1.29, 1.82) is 0 Å². The van der Waals surface area contributed by atoms with E-state index in [1.165, 1.54) is 6.20 Å². The number of halogens is 1. The van der Waals surface area contributed by atoms with Crippen molar-refractivity contribution in [2.75, 3.05) is 30.3 Å². The summed E-state index contributed by atoms with van der Waals surface area (Å²) in [5, 5.41) is 9.27. The van der Waals surface area contributed by atoms with E-state index >= 15 is 0 Å². The summed E-state index contributed by atoms with van der Waals surface area (Å²) in [4.78, 5) is 9.61. The van der Waals surface area contributed by atoms with Gasteiger partial charge in [-0.15, -0.1) is 0 Å². The second-order valence-corrected chi connectivity index (χ2v) is 3.11. The minimum atomic E-state index is 0.0497. The second kappa shape index (κ2) is 4.97. The molecule has 0 fully saturated rings. The number of anilines is 2. The highest BCUT2D eigenvalue weighted by Gasteiger charge is 2.10. The van der Waals surface area contributed by atoms with Gasteiger partial charge in [0.15, 0.2) is 5.82 Å². The number of aliphatic hydroxyl groups is 1. The summed E-state index contributed by atoms with van der Waals surface area (Å²) in [6.07, 6.45) is 1.46. The van der Waals surface area contributed by atoms with Crippen LogP contribution in [0.5, 0.6) is 0 Å². The zero-order chi connectivity index (χ0) is 10.6. The molecule has 0 saturated heterocycles. The molecule has 14 heavy (non-hydrogen) atoms. The first kappa shape index (κ1) is 11.0. The van der Waals surface area contributed by atoms with E-state index < -0.39 is 0 Å². The molecule has 0 amide bonds. The van der Waals surface area contributed by atoms with E-state index in [0.29, 0.717) is 23.9 Å². The zero-order valence-corrected chi connectivity index (χ0v) is 8.70. The molecular formula is C8H13ClN4O. The third kappa shape index (κ3) is 2.46. The standard InChI is InChI=1S/C8H13ClN4O/c1-2-13(3-4-14)7-6(9)5-11-8(10)12-7/h5,14H,2-4H2,1H3,(H2,10,11,12). The number of aliphatic hydroxyl groups excluding tert-OH is 1. The van der Waals surface area contributed by atoms with Crippen molar-refractivity contribution < 1.29 is 5.11 Å². The van der Waals surface area contributed by atoms with E-state index in [-0.39, 0.29) is 12.6 Å². The Morgan fingerprint density at radius 1 is 1.64 bits per heavy atom. The van der Waals surface area contributed by atoms with Gasteiger partial charge >= 0.3 is 0 Å². The van der Waals surface area contributed by atoms with Gasteiger partial charge < -0.3 is 15.7 Å². The molecule has 6 heteroatoms. The number of hydrogen-bond donors (Lipinski definition) is 2. The van der Waals surface area contributed by atoms with Gasteiger partial charge in [0.25, 0.3) is 0 Å². The molecule has 1 heterocycles. The number of nitrogens with two attached hydrogens (primary N) is 1. The summed E-state index contributed by atoms with van der Waals surface area (Å²) in [6.45, 7) is 3.18. The molecule has 0 radical (unpaired) electrons. The van der Waals surface area contributed by atoms with Crippen LogP contribution in [-0.4, -0.2) is 34.8 Å². The van der Waals surface area contributed by atoms with E-state index in [0.717, 1.165) is 0 Å². The predicted molar refractivity (Wildman–Crippen MR) is 56.4 cm³/mol. The number of aromatic nitrogens is 2. The van der Waals surface area contributed by atoms with Crippen LogP contribution in [0.15, 0.2) is 6.20 Å². The van der Waals surface area contributed by atoms with Crippen molar-refractivity contribution in [3.05, 3.63) is 11.2 Å². The van der Waals surface area contributed by atoms with Crippen LogP contribution in [0, 0.1) is 0 Å². The van der Waals surface area contributed by atoms with E-state index in [9.17, 15) is 0 Å². The van der Waals surface area contributed by atoms with Crippen LogP contribution in [-0.2, 0) is 0 Å². The molecule has 1 aromatic rings. The topological polar surface area (TPSA) is 75.3 Å². The molecule has 3 N–H and O–H groups in total. The summed E-state index contributed by atoms with van der Waals surface area (Å²) in [7, 11) is 0. The van der Waals surface area contributed by atoms with Gasteiger partial charge in [0, 0.05) is 13.1 Å². The van der Waals surface area contributed by atoms with Crippen molar-refractivity contribution in [2.45, 2.75) is 6.92 Å². The highest BCUT2D eigenvalue weighted by atomic mass is 35.5.